The zero-order valence-electron chi connectivity index (χ0n) is 13.2. The molecule has 0 amide bonds. The van der Waals surface area contributed by atoms with E-state index in [4.69, 9.17) is 4.74 Å². The molecular weight excluding hydrogens is 252 g/mol. The third-order valence-corrected chi connectivity index (χ3v) is 3.93. The molecule has 0 spiro atoms. The monoisotopic (exact) mass is 280 g/mol. The quantitative estimate of drug-likeness (QED) is 0.863. The maximum absolute atomic E-state index is 6.02. The van der Waals surface area contributed by atoms with Gasteiger partial charge in [-0.05, 0) is 33.9 Å². The van der Waals surface area contributed by atoms with Gasteiger partial charge in [-0.1, -0.05) is 6.92 Å². The minimum atomic E-state index is 0.189. The van der Waals surface area contributed by atoms with Gasteiger partial charge in [0.2, 0.25) is 0 Å². The maximum atomic E-state index is 6.02. The Labute approximate surface area is 122 Å². The Bertz CT molecular complexity index is 386. The summed E-state index contributed by atoms with van der Waals surface area (Å²) in [6, 6.07) is 0.717. The Morgan fingerprint density at radius 1 is 1.50 bits per heavy atom. The lowest BCUT2D eigenvalue weighted by Crippen LogP contribution is -2.49. The first-order chi connectivity index (χ1) is 9.69. The SMILES string of the molecule is CCCN1CCOC(CNC)C1c1cncn1C(C)C. The Morgan fingerprint density at radius 2 is 2.30 bits per heavy atom. The Morgan fingerprint density at radius 3 is 2.95 bits per heavy atom. The molecule has 1 fully saturated rings. The van der Waals surface area contributed by atoms with Crippen molar-refractivity contribution in [2.24, 2.45) is 0 Å². The van der Waals surface area contributed by atoms with Gasteiger partial charge in [0.25, 0.3) is 0 Å². The zero-order chi connectivity index (χ0) is 14.5. The van der Waals surface area contributed by atoms with Crippen molar-refractivity contribution in [3.63, 3.8) is 0 Å². The van der Waals surface area contributed by atoms with Crippen molar-refractivity contribution in [2.45, 2.75) is 45.4 Å². The van der Waals surface area contributed by atoms with Crippen LogP contribution in [0.2, 0.25) is 0 Å². The van der Waals surface area contributed by atoms with Crippen LogP contribution in [-0.2, 0) is 4.74 Å². The molecule has 0 aromatic carbocycles. The van der Waals surface area contributed by atoms with E-state index >= 15 is 0 Å². The standard InChI is InChI=1S/C15H28N4O/c1-5-6-18-7-8-20-14(10-16-4)15(18)13-9-17-11-19(13)12(2)3/h9,11-12,14-16H,5-8,10H2,1-4H3. The molecule has 5 heteroatoms. The fraction of sp³-hybridized carbons (Fsp3) is 0.800. The Hall–Kier alpha value is -0.910. The molecule has 2 rings (SSSR count). The van der Waals surface area contributed by atoms with Crippen molar-refractivity contribution < 1.29 is 4.74 Å². The molecule has 1 aliphatic rings. The molecule has 1 N–H and O–H groups in total. The number of imidazole rings is 1. The van der Waals surface area contributed by atoms with E-state index in [2.05, 4.69) is 40.5 Å². The van der Waals surface area contributed by atoms with Crippen molar-refractivity contribution in [3.8, 4) is 0 Å². The Kier molecular flexibility index (Phi) is 5.57. The summed E-state index contributed by atoms with van der Waals surface area (Å²) in [5.74, 6) is 0. The number of aromatic nitrogens is 2. The van der Waals surface area contributed by atoms with Crippen LogP contribution in [0.4, 0.5) is 0 Å². The first-order valence-electron chi connectivity index (χ1n) is 7.71. The van der Waals surface area contributed by atoms with E-state index < -0.39 is 0 Å². The highest BCUT2D eigenvalue weighted by molar-refractivity contribution is 5.11. The highest BCUT2D eigenvalue weighted by Crippen LogP contribution is 2.30. The number of likely N-dealkylation sites (N-methyl/N-ethyl adjacent to an activating group) is 1. The minimum Gasteiger partial charge on any atom is -0.374 e. The summed E-state index contributed by atoms with van der Waals surface area (Å²) >= 11 is 0. The van der Waals surface area contributed by atoms with Gasteiger partial charge in [0, 0.05) is 25.3 Å². The molecule has 1 aromatic heterocycles. The molecule has 1 aromatic rings. The van der Waals surface area contributed by atoms with E-state index in [1.54, 1.807) is 0 Å². The fourth-order valence-corrected chi connectivity index (χ4v) is 3.05. The van der Waals surface area contributed by atoms with Gasteiger partial charge in [0.15, 0.2) is 0 Å². The molecule has 0 radical (unpaired) electrons. The fourth-order valence-electron chi connectivity index (χ4n) is 3.05. The smallest absolute Gasteiger partial charge is 0.0951 e. The number of hydrogen-bond acceptors (Lipinski definition) is 4. The second-order valence-electron chi connectivity index (χ2n) is 5.77. The lowest BCUT2D eigenvalue weighted by molar-refractivity contribution is -0.0729. The van der Waals surface area contributed by atoms with E-state index in [0.29, 0.717) is 12.1 Å². The molecule has 20 heavy (non-hydrogen) atoms. The van der Waals surface area contributed by atoms with Gasteiger partial charge in [0.1, 0.15) is 0 Å². The van der Waals surface area contributed by atoms with E-state index in [0.717, 1.165) is 26.2 Å². The van der Waals surface area contributed by atoms with Crippen LogP contribution in [0.3, 0.4) is 0 Å². The molecule has 0 bridgehead atoms. The molecule has 2 atom stereocenters. The van der Waals surface area contributed by atoms with Gasteiger partial charge in [-0.3, -0.25) is 4.90 Å². The van der Waals surface area contributed by atoms with E-state index in [9.17, 15) is 0 Å². The normalized spacial score (nSPS) is 24.4. The van der Waals surface area contributed by atoms with Crippen LogP contribution >= 0.6 is 0 Å². The van der Waals surface area contributed by atoms with Crippen molar-refractivity contribution in [3.05, 3.63) is 18.2 Å². The molecule has 0 saturated carbocycles. The number of hydrogen-bond donors (Lipinski definition) is 1. The summed E-state index contributed by atoms with van der Waals surface area (Å²) in [6.45, 7) is 10.4. The molecule has 0 aliphatic carbocycles. The van der Waals surface area contributed by atoms with Crippen LogP contribution in [-0.4, -0.2) is 53.8 Å². The van der Waals surface area contributed by atoms with E-state index in [1.165, 1.54) is 12.1 Å². The largest absolute Gasteiger partial charge is 0.374 e. The lowest BCUT2D eigenvalue weighted by atomic mass is 10.0. The van der Waals surface area contributed by atoms with Crippen LogP contribution in [0.15, 0.2) is 12.5 Å². The highest BCUT2D eigenvalue weighted by Gasteiger charge is 2.35. The number of nitrogens with zero attached hydrogens (tertiary/aromatic N) is 3. The summed E-state index contributed by atoms with van der Waals surface area (Å²) < 4.78 is 8.29. The first-order valence-corrected chi connectivity index (χ1v) is 7.71. The number of ether oxygens (including phenoxy) is 1. The number of nitrogens with one attached hydrogen (secondary N) is 1. The first kappa shape index (κ1) is 15.5. The summed E-state index contributed by atoms with van der Waals surface area (Å²) in [4.78, 5) is 6.91. The average molecular weight is 280 g/mol. The van der Waals surface area contributed by atoms with Crippen molar-refractivity contribution in [1.29, 1.82) is 0 Å². The van der Waals surface area contributed by atoms with Gasteiger partial charge >= 0.3 is 0 Å². The van der Waals surface area contributed by atoms with E-state index in [-0.39, 0.29) is 6.10 Å². The van der Waals surface area contributed by atoms with Crippen molar-refractivity contribution in [1.82, 2.24) is 19.8 Å². The van der Waals surface area contributed by atoms with Gasteiger partial charge < -0.3 is 14.6 Å². The molecule has 114 valence electrons. The van der Waals surface area contributed by atoms with Crippen LogP contribution in [0.25, 0.3) is 0 Å². The minimum absolute atomic E-state index is 0.189. The summed E-state index contributed by atoms with van der Waals surface area (Å²) in [7, 11) is 1.99. The molecule has 2 unspecified atom stereocenters. The zero-order valence-corrected chi connectivity index (χ0v) is 13.2. The van der Waals surface area contributed by atoms with E-state index in [1.807, 2.05) is 19.6 Å². The van der Waals surface area contributed by atoms with Crippen LogP contribution in [0.5, 0.6) is 0 Å². The predicted molar refractivity (Wildman–Crippen MR) is 80.9 cm³/mol. The number of rotatable bonds is 6. The second kappa shape index (κ2) is 7.20. The average Bonchev–Trinajstić information content (AvgIpc) is 2.89. The maximum Gasteiger partial charge on any atom is 0.0951 e. The van der Waals surface area contributed by atoms with Crippen molar-refractivity contribution >= 4 is 0 Å². The molecular formula is C15H28N4O. The topological polar surface area (TPSA) is 42.3 Å². The Balaban J connectivity index is 2.30. The molecule has 5 nitrogen and oxygen atoms in total. The third-order valence-electron chi connectivity index (χ3n) is 3.93. The van der Waals surface area contributed by atoms with Crippen LogP contribution in [0, 0.1) is 0 Å². The second-order valence-corrected chi connectivity index (χ2v) is 5.77. The van der Waals surface area contributed by atoms with Crippen LogP contribution < -0.4 is 5.32 Å². The summed E-state index contributed by atoms with van der Waals surface area (Å²) in [6.07, 6.45) is 5.30. The molecule has 1 aliphatic heterocycles. The molecule has 2 heterocycles. The van der Waals surface area contributed by atoms with Gasteiger partial charge in [-0.25, -0.2) is 4.98 Å². The predicted octanol–water partition coefficient (Wildman–Crippen LogP) is 1.84. The summed E-state index contributed by atoms with van der Waals surface area (Å²) in [5.41, 5.74) is 1.27. The molecule has 1 saturated heterocycles. The van der Waals surface area contributed by atoms with Gasteiger partial charge in [-0.15, -0.1) is 0 Å². The number of morpholine rings is 1. The third kappa shape index (κ3) is 3.22. The highest BCUT2D eigenvalue weighted by atomic mass is 16.5. The van der Waals surface area contributed by atoms with Crippen LogP contribution in [0.1, 0.15) is 45.0 Å². The van der Waals surface area contributed by atoms with Gasteiger partial charge in [-0.2, -0.15) is 0 Å². The van der Waals surface area contributed by atoms with Crippen molar-refractivity contribution in [2.75, 3.05) is 33.3 Å². The summed E-state index contributed by atoms with van der Waals surface area (Å²) in [5, 5.41) is 3.26. The lowest BCUT2D eigenvalue weighted by Gasteiger charge is -2.41. The van der Waals surface area contributed by atoms with Gasteiger partial charge in [0.05, 0.1) is 30.8 Å².